The Bertz CT molecular complexity index is 881. The quantitative estimate of drug-likeness (QED) is 0.291. The van der Waals surface area contributed by atoms with Crippen molar-refractivity contribution in [1.29, 1.82) is 0 Å². The number of nitrogens with one attached hydrogen (secondary N) is 1. The van der Waals surface area contributed by atoms with E-state index in [1.807, 2.05) is 0 Å². The van der Waals surface area contributed by atoms with E-state index in [2.05, 4.69) is 50.3 Å². The van der Waals surface area contributed by atoms with Crippen LogP contribution >= 0.6 is 0 Å². The van der Waals surface area contributed by atoms with Gasteiger partial charge < -0.3 is 32.7 Å². The smallest absolute Gasteiger partial charge is 0.270 e. The van der Waals surface area contributed by atoms with Crippen LogP contribution in [0.3, 0.4) is 0 Å². The van der Waals surface area contributed by atoms with E-state index in [9.17, 15) is 0 Å². The van der Waals surface area contributed by atoms with Gasteiger partial charge in [0.2, 0.25) is 11.9 Å². The maximum absolute atomic E-state index is 7.00. The third-order valence-corrected chi connectivity index (χ3v) is 7.84. The van der Waals surface area contributed by atoms with Crippen molar-refractivity contribution in [2.24, 2.45) is 44.6 Å². The van der Waals surface area contributed by atoms with Crippen LogP contribution in [0.15, 0.2) is 40.3 Å². The second kappa shape index (κ2) is 10.6. The van der Waals surface area contributed by atoms with Crippen LogP contribution in [0, 0.1) is 5.92 Å². The Labute approximate surface area is 214 Å². The lowest BCUT2D eigenvalue weighted by Gasteiger charge is -2.46. The van der Waals surface area contributed by atoms with Crippen LogP contribution in [0.1, 0.15) is 31.2 Å². The summed E-state index contributed by atoms with van der Waals surface area (Å²) in [6, 6.07) is 10.6. The number of rotatable bonds is 3. The fourth-order valence-electron chi connectivity index (χ4n) is 6.05. The Morgan fingerprint density at radius 2 is 1.25 bits per heavy atom. The molecule has 11 N–H and O–H groups in total. The van der Waals surface area contributed by atoms with Gasteiger partial charge in [0.1, 0.15) is 0 Å². The minimum atomic E-state index is -1.20. The summed E-state index contributed by atoms with van der Waals surface area (Å²) in [7, 11) is 0. The summed E-state index contributed by atoms with van der Waals surface area (Å²) in [6.07, 6.45) is 4.78. The minimum absolute atomic E-state index is 0.0155. The maximum atomic E-state index is 7.00. The van der Waals surface area contributed by atoms with Crippen molar-refractivity contribution in [2.45, 2.75) is 62.2 Å². The molecule has 1 aromatic rings. The molecule has 0 bridgehead atoms. The van der Waals surface area contributed by atoms with Crippen LogP contribution in [-0.4, -0.2) is 96.0 Å². The molecule has 1 aromatic carbocycles. The Morgan fingerprint density at radius 1 is 0.778 bits per heavy atom. The van der Waals surface area contributed by atoms with E-state index in [1.54, 1.807) is 0 Å². The summed E-state index contributed by atoms with van der Waals surface area (Å²) in [6.45, 7) is 4.34. The summed E-state index contributed by atoms with van der Waals surface area (Å²) in [4.78, 5) is 16.4. The summed E-state index contributed by atoms with van der Waals surface area (Å²) >= 11 is 0. The van der Waals surface area contributed by atoms with Gasteiger partial charge in [0.05, 0.1) is 0 Å². The number of guanidine groups is 2. The second-order valence-electron chi connectivity index (χ2n) is 11.1. The first-order valence-electron chi connectivity index (χ1n) is 13.3. The van der Waals surface area contributed by atoms with Gasteiger partial charge in [0, 0.05) is 63.4 Å². The fraction of sp³-hybridized carbons (Fsp3) is 0.680. The van der Waals surface area contributed by atoms with Crippen molar-refractivity contribution < 1.29 is 0 Å². The number of likely N-dealkylation sites (tertiary alicyclic amines) is 3. The number of nitrogens with zero attached hydrogens (tertiary/aromatic N) is 5. The molecule has 11 heteroatoms. The summed E-state index contributed by atoms with van der Waals surface area (Å²) in [5.41, 5.74) is 33.6. The number of aliphatic imine (C=N–C) groups is 2. The van der Waals surface area contributed by atoms with E-state index in [4.69, 9.17) is 38.7 Å². The highest BCUT2D eigenvalue weighted by Gasteiger charge is 2.41. The summed E-state index contributed by atoms with van der Waals surface area (Å²) in [5.74, 6) is 0.766. The average molecular weight is 498 g/mol. The van der Waals surface area contributed by atoms with Gasteiger partial charge >= 0.3 is 0 Å². The molecule has 3 fully saturated rings. The van der Waals surface area contributed by atoms with E-state index >= 15 is 0 Å². The maximum Gasteiger partial charge on any atom is 0.270 e. The lowest BCUT2D eigenvalue weighted by atomic mass is 9.90. The zero-order chi connectivity index (χ0) is 25.3. The molecule has 0 saturated carbocycles. The standard InChI is InChI=1S/C25H43N11/c26-19-11-20(27)14-34(13-19)23-31-24(35-15-21(28)12-22(29)16-35)33-25(30,32-23)36-8-6-18(7-9-36)10-17-4-2-1-3-5-17/h1-5,18-22H,6-16,26-30H2,(H,31,32,33)/t19-,20+,21-,22+. The first-order valence-corrected chi connectivity index (χ1v) is 13.3. The third kappa shape index (κ3) is 5.82. The lowest BCUT2D eigenvalue weighted by molar-refractivity contribution is 0.0602. The number of piperidine rings is 3. The van der Waals surface area contributed by atoms with Gasteiger partial charge in [-0.2, -0.15) is 9.98 Å². The number of hydrogen-bond acceptors (Lipinski definition) is 11. The molecule has 0 aromatic heterocycles. The molecule has 4 atom stereocenters. The number of hydrogen-bond donors (Lipinski definition) is 6. The van der Waals surface area contributed by atoms with Crippen molar-refractivity contribution in [3.63, 3.8) is 0 Å². The molecule has 0 spiro atoms. The molecule has 0 amide bonds. The van der Waals surface area contributed by atoms with E-state index in [0.717, 1.165) is 45.2 Å². The molecular formula is C25H43N11. The molecule has 4 heterocycles. The van der Waals surface area contributed by atoms with Gasteiger partial charge in [-0.25, -0.2) is 4.90 Å². The minimum Gasteiger partial charge on any atom is -0.339 e. The molecule has 3 saturated heterocycles. The van der Waals surface area contributed by atoms with Crippen LogP contribution in [0.25, 0.3) is 0 Å². The zero-order valence-corrected chi connectivity index (χ0v) is 21.2. The van der Waals surface area contributed by atoms with Gasteiger partial charge in [0.25, 0.3) is 5.91 Å². The predicted molar refractivity (Wildman–Crippen MR) is 144 cm³/mol. The van der Waals surface area contributed by atoms with Crippen LogP contribution in [-0.2, 0) is 6.42 Å². The molecule has 4 aliphatic heterocycles. The average Bonchev–Trinajstić information content (AvgIpc) is 2.83. The summed E-state index contributed by atoms with van der Waals surface area (Å²) in [5, 5.41) is 3.43. The van der Waals surface area contributed by atoms with Crippen LogP contribution in [0.4, 0.5) is 0 Å². The normalized spacial score (nSPS) is 32.0. The SMILES string of the molecule is N[C@@H]1C[C@H](N)CN(C2=NC(N)(N3CCC(Cc4ccccc4)CC3)N=C(N3C[C@H](N)C[C@H](N)C3)N2)C1. The highest BCUT2D eigenvalue weighted by atomic mass is 15.6. The Balaban J connectivity index is 1.36. The Morgan fingerprint density at radius 3 is 1.72 bits per heavy atom. The fourth-order valence-corrected chi connectivity index (χ4v) is 6.05. The predicted octanol–water partition coefficient (Wildman–Crippen LogP) is -1.45. The van der Waals surface area contributed by atoms with Gasteiger partial charge in [0.15, 0.2) is 0 Å². The molecule has 4 aliphatic rings. The van der Waals surface area contributed by atoms with Crippen LogP contribution in [0.5, 0.6) is 0 Å². The first-order chi connectivity index (χ1) is 17.3. The van der Waals surface area contributed by atoms with E-state index in [1.165, 1.54) is 5.56 Å². The highest BCUT2D eigenvalue weighted by Crippen LogP contribution is 2.28. The Kier molecular flexibility index (Phi) is 7.47. The van der Waals surface area contributed by atoms with Gasteiger partial charge in [-0.3, -0.25) is 11.1 Å². The molecule has 0 unspecified atom stereocenters. The Hall–Kier alpha value is -2.28. The number of nitrogens with two attached hydrogens (primary N) is 5. The summed E-state index contributed by atoms with van der Waals surface area (Å²) < 4.78 is 0. The molecule has 0 radical (unpaired) electrons. The molecule has 11 nitrogen and oxygen atoms in total. The molecule has 198 valence electrons. The lowest BCUT2D eigenvalue weighted by Crippen LogP contribution is -2.67. The molecular weight excluding hydrogens is 454 g/mol. The largest absolute Gasteiger partial charge is 0.339 e. The zero-order valence-electron chi connectivity index (χ0n) is 21.2. The second-order valence-corrected chi connectivity index (χ2v) is 11.1. The van der Waals surface area contributed by atoms with Crippen molar-refractivity contribution in [3.8, 4) is 0 Å². The van der Waals surface area contributed by atoms with E-state index < -0.39 is 5.91 Å². The first kappa shape index (κ1) is 25.4. The van der Waals surface area contributed by atoms with E-state index in [-0.39, 0.29) is 24.2 Å². The van der Waals surface area contributed by atoms with Crippen LogP contribution in [0.2, 0.25) is 0 Å². The molecule has 36 heavy (non-hydrogen) atoms. The third-order valence-electron chi connectivity index (χ3n) is 7.84. The van der Waals surface area contributed by atoms with Crippen molar-refractivity contribution in [2.75, 3.05) is 39.3 Å². The van der Waals surface area contributed by atoms with Gasteiger partial charge in [-0.05, 0) is 43.6 Å². The van der Waals surface area contributed by atoms with Crippen molar-refractivity contribution >= 4 is 11.9 Å². The molecule has 0 aliphatic carbocycles. The topological polar surface area (TPSA) is 177 Å². The monoisotopic (exact) mass is 497 g/mol. The highest BCUT2D eigenvalue weighted by molar-refractivity contribution is 6.00. The van der Waals surface area contributed by atoms with Crippen molar-refractivity contribution in [1.82, 2.24) is 20.0 Å². The molecule has 5 rings (SSSR count). The van der Waals surface area contributed by atoms with Crippen LogP contribution < -0.4 is 34.0 Å². The van der Waals surface area contributed by atoms with Crippen molar-refractivity contribution in [3.05, 3.63) is 35.9 Å². The van der Waals surface area contributed by atoms with Gasteiger partial charge in [-0.15, -0.1) is 0 Å². The number of benzene rings is 1. The van der Waals surface area contributed by atoms with Gasteiger partial charge in [-0.1, -0.05) is 30.3 Å². The van der Waals surface area contributed by atoms with E-state index in [0.29, 0.717) is 44.0 Å².